The van der Waals surface area contributed by atoms with Gasteiger partial charge in [0, 0.05) is 11.1 Å². The van der Waals surface area contributed by atoms with Crippen LogP contribution in [0.25, 0.3) is 0 Å². The number of rotatable bonds is 5. The zero-order valence-electron chi connectivity index (χ0n) is 12.0. The van der Waals surface area contributed by atoms with E-state index >= 15 is 0 Å². The van der Waals surface area contributed by atoms with Gasteiger partial charge in [-0.05, 0) is 31.6 Å². The lowest BCUT2D eigenvalue weighted by atomic mass is 10.2. The standard InChI is InChI=1S/C14H18N2O4S/c1-3-12-13(5-4-10(2)15-12)20-8-14(17)16-11-6-7-21(18,19)9-11/h4-7,11H,3,8-9H2,1-2H3,(H,16,17)/t11-/m0/s1. The van der Waals surface area contributed by atoms with Gasteiger partial charge in [0.25, 0.3) is 5.91 Å². The van der Waals surface area contributed by atoms with Crippen molar-refractivity contribution in [1.29, 1.82) is 0 Å². The number of nitrogens with zero attached hydrogens (tertiary/aromatic N) is 1. The molecule has 21 heavy (non-hydrogen) atoms. The fraction of sp³-hybridized carbons (Fsp3) is 0.429. The van der Waals surface area contributed by atoms with Crippen molar-refractivity contribution in [3.63, 3.8) is 0 Å². The number of hydrogen-bond acceptors (Lipinski definition) is 5. The lowest BCUT2D eigenvalue weighted by molar-refractivity contribution is -0.123. The molecule has 0 unspecified atom stereocenters. The van der Waals surface area contributed by atoms with Crippen LogP contribution in [0.2, 0.25) is 0 Å². The van der Waals surface area contributed by atoms with E-state index in [-0.39, 0.29) is 18.3 Å². The normalized spacial score (nSPS) is 19.4. The van der Waals surface area contributed by atoms with Gasteiger partial charge in [0.1, 0.15) is 5.75 Å². The summed E-state index contributed by atoms with van der Waals surface area (Å²) in [5, 5.41) is 3.73. The highest BCUT2D eigenvalue weighted by Crippen LogP contribution is 2.17. The van der Waals surface area contributed by atoms with E-state index in [1.165, 1.54) is 6.08 Å². The number of amides is 1. The maximum absolute atomic E-state index is 11.8. The van der Waals surface area contributed by atoms with Crippen LogP contribution < -0.4 is 10.1 Å². The van der Waals surface area contributed by atoms with Crippen molar-refractivity contribution >= 4 is 15.7 Å². The predicted molar refractivity (Wildman–Crippen MR) is 78.7 cm³/mol. The van der Waals surface area contributed by atoms with E-state index in [4.69, 9.17) is 4.74 Å². The molecule has 0 aromatic carbocycles. The zero-order valence-corrected chi connectivity index (χ0v) is 12.8. The van der Waals surface area contributed by atoms with Gasteiger partial charge in [0.05, 0.1) is 17.5 Å². The average Bonchev–Trinajstić information content (AvgIpc) is 2.76. The summed E-state index contributed by atoms with van der Waals surface area (Å²) in [6.45, 7) is 3.69. The van der Waals surface area contributed by atoms with Gasteiger partial charge in [-0.25, -0.2) is 8.42 Å². The minimum Gasteiger partial charge on any atom is -0.482 e. The second-order valence-electron chi connectivity index (χ2n) is 4.87. The molecule has 0 radical (unpaired) electrons. The number of aryl methyl sites for hydroxylation is 2. The van der Waals surface area contributed by atoms with E-state index in [1.807, 2.05) is 19.9 Å². The number of pyridine rings is 1. The van der Waals surface area contributed by atoms with Gasteiger partial charge in [-0.2, -0.15) is 0 Å². The fourth-order valence-corrected chi connectivity index (χ4v) is 3.28. The highest BCUT2D eigenvalue weighted by atomic mass is 32.2. The highest BCUT2D eigenvalue weighted by molar-refractivity contribution is 7.94. The van der Waals surface area contributed by atoms with Crippen LogP contribution in [0.5, 0.6) is 5.75 Å². The second kappa shape index (κ2) is 6.26. The van der Waals surface area contributed by atoms with Crippen LogP contribution in [0.3, 0.4) is 0 Å². The Morgan fingerprint density at radius 2 is 2.24 bits per heavy atom. The van der Waals surface area contributed by atoms with Crippen molar-refractivity contribution in [1.82, 2.24) is 10.3 Å². The molecule has 1 aromatic heterocycles. The third-order valence-corrected chi connectivity index (χ3v) is 4.44. The number of ether oxygens (including phenoxy) is 1. The molecule has 1 aliphatic rings. The molecule has 0 aliphatic carbocycles. The summed E-state index contributed by atoms with van der Waals surface area (Å²) in [5.74, 6) is 0.127. The van der Waals surface area contributed by atoms with E-state index in [2.05, 4.69) is 10.3 Å². The van der Waals surface area contributed by atoms with Gasteiger partial charge < -0.3 is 10.1 Å². The third kappa shape index (κ3) is 4.29. The first-order valence-corrected chi connectivity index (χ1v) is 8.41. The first kappa shape index (κ1) is 15.5. The van der Waals surface area contributed by atoms with Crippen molar-refractivity contribution in [2.75, 3.05) is 12.4 Å². The summed E-state index contributed by atoms with van der Waals surface area (Å²) >= 11 is 0. The Bertz CT molecular complexity index is 668. The average molecular weight is 310 g/mol. The molecule has 2 rings (SSSR count). The predicted octanol–water partition coefficient (Wildman–Crippen LogP) is 0.758. The fourth-order valence-electron chi connectivity index (χ4n) is 2.04. The van der Waals surface area contributed by atoms with Gasteiger partial charge in [-0.3, -0.25) is 9.78 Å². The first-order valence-electron chi connectivity index (χ1n) is 6.69. The SMILES string of the molecule is CCc1nc(C)ccc1OCC(=O)N[C@H]1C=CS(=O)(=O)C1. The molecule has 1 atom stereocenters. The number of aromatic nitrogens is 1. The largest absolute Gasteiger partial charge is 0.482 e. The monoisotopic (exact) mass is 310 g/mol. The Labute approximate surface area is 124 Å². The number of carbonyl (C=O) groups is 1. The molecular formula is C14H18N2O4S. The van der Waals surface area contributed by atoms with E-state index in [1.54, 1.807) is 6.07 Å². The Morgan fingerprint density at radius 1 is 1.48 bits per heavy atom. The van der Waals surface area contributed by atoms with E-state index in [0.717, 1.165) is 16.8 Å². The number of hydrogen-bond donors (Lipinski definition) is 1. The van der Waals surface area contributed by atoms with Crippen molar-refractivity contribution < 1.29 is 17.9 Å². The molecule has 1 amide bonds. The van der Waals surface area contributed by atoms with Crippen LogP contribution in [0, 0.1) is 6.92 Å². The lowest BCUT2D eigenvalue weighted by Gasteiger charge is -2.12. The van der Waals surface area contributed by atoms with E-state index in [9.17, 15) is 13.2 Å². The highest BCUT2D eigenvalue weighted by Gasteiger charge is 2.23. The molecular weight excluding hydrogens is 292 g/mol. The van der Waals surface area contributed by atoms with Crippen LogP contribution in [0.1, 0.15) is 18.3 Å². The van der Waals surface area contributed by atoms with Gasteiger partial charge >= 0.3 is 0 Å². The molecule has 0 spiro atoms. The molecule has 0 fully saturated rings. The van der Waals surface area contributed by atoms with Crippen molar-refractivity contribution in [3.05, 3.63) is 35.0 Å². The Morgan fingerprint density at radius 3 is 2.86 bits per heavy atom. The molecule has 0 saturated carbocycles. The molecule has 114 valence electrons. The minimum atomic E-state index is -3.17. The number of carbonyl (C=O) groups excluding carboxylic acids is 1. The summed E-state index contributed by atoms with van der Waals surface area (Å²) in [6, 6.07) is 3.13. The van der Waals surface area contributed by atoms with E-state index in [0.29, 0.717) is 12.2 Å². The second-order valence-corrected chi connectivity index (χ2v) is 6.80. The molecule has 2 heterocycles. The van der Waals surface area contributed by atoms with Crippen molar-refractivity contribution in [3.8, 4) is 5.75 Å². The summed E-state index contributed by atoms with van der Waals surface area (Å²) in [4.78, 5) is 16.1. The van der Waals surface area contributed by atoms with Crippen LogP contribution in [0.4, 0.5) is 0 Å². The summed E-state index contributed by atoms with van der Waals surface area (Å²) in [6.07, 6.45) is 2.18. The lowest BCUT2D eigenvalue weighted by Crippen LogP contribution is -2.38. The van der Waals surface area contributed by atoms with Crippen LogP contribution >= 0.6 is 0 Å². The molecule has 0 bridgehead atoms. The minimum absolute atomic E-state index is 0.0922. The number of sulfone groups is 1. The molecule has 1 aromatic rings. The quantitative estimate of drug-likeness (QED) is 0.868. The molecule has 1 N–H and O–H groups in total. The van der Waals surface area contributed by atoms with Gasteiger partial charge in [0.15, 0.2) is 16.4 Å². The molecule has 6 nitrogen and oxygen atoms in total. The molecule has 1 aliphatic heterocycles. The number of nitrogens with one attached hydrogen (secondary N) is 1. The third-order valence-electron chi connectivity index (χ3n) is 3.04. The summed E-state index contributed by atoms with van der Waals surface area (Å²) in [7, 11) is -3.17. The Kier molecular flexibility index (Phi) is 4.62. The molecule has 7 heteroatoms. The smallest absolute Gasteiger partial charge is 0.258 e. The van der Waals surface area contributed by atoms with Crippen LogP contribution in [0.15, 0.2) is 23.6 Å². The summed E-state index contributed by atoms with van der Waals surface area (Å²) < 4.78 is 27.9. The van der Waals surface area contributed by atoms with Crippen molar-refractivity contribution in [2.24, 2.45) is 0 Å². The topological polar surface area (TPSA) is 85.4 Å². The molecule has 0 saturated heterocycles. The Hall–Kier alpha value is -1.89. The van der Waals surface area contributed by atoms with Crippen LogP contribution in [-0.2, 0) is 21.1 Å². The van der Waals surface area contributed by atoms with Gasteiger partial charge in [-0.1, -0.05) is 6.92 Å². The zero-order chi connectivity index (χ0) is 15.5. The maximum Gasteiger partial charge on any atom is 0.258 e. The first-order chi connectivity index (χ1) is 9.89. The van der Waals surface area contributed by atoms with Gasteiger partial charge in [-0.15, -0.1) is 0 Å². The van der Waals surface area contributed by atoms with Crippen molar-refractivity contribution in [2.45, 2.75) is 26.3 Å². The van der Waals surface area contributed by atoms with Crippen LogP contribution in [-0.4, -0.2) is 37.7 Å². The van der Waals surface area contributed by atoms with E-state index < -0.39 is 15.9 Å². The summed E-state index contributed by atoms with van der Waals surface area (Å²) in [5.41, 5.74) is 1.69. The van der Waals surface area contributed by atoms with Gasteiger partial charge in [0.2, 0.25) is 0 Å². The Balaban J connectivity index is 1.89. The maximum atomic E-state index is 11.8.